The van der Waals surface area contributed by atoms with Crippen LogP contribution in [0.5, 0.6) is 0 Å². The van der Waals surface area contributed by atoms with Gasteiger partial charge in [-0.3, -0.25) is 0 Å². The summed E-state index contributed by atoms with van der Waals surface area (Å²) in [5, 5.41) is 23.6. The number of rotatable bonds is 2. The largest absolute Gasteiger partial charge is 0.320 e. The van der Waals surface area contributed by atoms with Crippen molar-refractivity contribution in [3.63, 3.8) is 0 Å². The quantitative estimate of drug-likeness (QED) is 0.873. The van der Waals surface area contributed by atoms with Gasteiger partial charge in [0, 0.05) is 5.69 Å². The first-order chi connectivity index (χ1) is 10.1. The van der Waals surface area contributed by atoms with Gasteiger partial charge in [0.2, 0.25) is 0 Å². The third-order valence-corrected chi connectivity index (χ3v) is 3.97. The molecule has 1 aliphatic rings. The lowest BCUT2D eigenvalue weighted by Gasteiger charge is -2.34. The highest BCUT2D eigenvalue weighted by Crippen LogP contribution is 2.31. The minimum absolute atomic E-state index is 0.379. The van der Waals surface area contributed by atoms with E-state index in [0.717, 1.165) is 12.8 Å². The summed E-state index contributed by atoms with van der Waals surface area (Å²) in [5.74, 6) is 0.606. The topological polar surface area (TPSA) is 88.7 Å². The van der Waals surface area contributed by atoms with Gasteiger partial charge in [-0.2, -0.15) is 10.5 Å². The molecule has 1 aliphatic carbocycles. The van der Waals surface area contributed by atoms with E-state index in [9.17, 15) is 10.1 Å². The summed E-state index contributed by atoms with van der Waals surface area (Å²) in [4.78, 5) is 12.0. The van der Waals surface area contributed by atoms with Crippen LogP contribution in [0.3, 0.4) is 0 Å². The van der Waals surface area contributed by atoms with E-state index < -0.39 is 5.54 Å². The summed E-state index contributed by atoms with van der Waals surface area (Å²) in [6.07, 6.45) is 3.27. The fraction of sp³-hybridized carbons (Fsp3) is 0.438. The Kier molecular flexibility index (Phi) is 4.45. The predicted octanol–water partition coefficient (Wildman–Crippen LogP) is 3.15. The van der Waals surface area contributed by atoms with Crippen LogP contribution in [0.25, 0.3) is 0 Å². The summed E-state index contributed by atoms with van der Waals surface area (Å²) < 4.78 is 0. The number of carbonyl (C=O) groups excluding carboxylic acids is 1. The van der Waals surface area contributed by atoms with E-state index in [0.29, 0.717) is 30.0 Å². The number of hydrogen-bond donors (Lipinski definition) is 2. The summed E-state index contributed by atoms with van der Waals surface area (Å²) in [6, 6.07) is 10.5. The van der Waals surface area contributed by atoms with E-state index in [2.05, 4.69) is 23.6 Å². The molecule has 1 aromatic carbocycles. The van der Waals surface area contributed by atoms with Crippen LogP contribution in [0.2, 0.25) is 0 Å². The number of nitrogens with one attached hydrogen (secondary N) is 2. The standard InChI is InChI=1S/C16H18N4O/c1-12-6-8-16(11-18,9-7-12)20-15(21)19-14-4-2-13(10-17)3-5-14/h2-5,12H,6-9H2,1H3,(H2,19,20,21). The summed E-state index contributed by atoms with van der Waals surface area (Å²) >= 11 is 0. The van der Waals surface area contributed by atoms with Gasteiger partial charge < -0.3 is 10.6 Å². The highest BCUT2D eigenvalue weighted by atomic mass is 16.2. The van der Waals surface area contributed by atoms with Crippen molar-refractivity contribution in [1.29, 1.82) is 10.5 Å². The molecule has 2 amide bonds. The van der Waals surface area contributed by atoms with Crippen LogP contribution in [-0.4, -0.2) is 11.6 Å². The van der Waals surface area contributed by atoms with Crippen molar-refractivity contribution in [2.75, 3.05) is 5.32 Å². The van der Waals surface area contributed by atoms with Crippen molar-refractivity contribution >= 4 is 11.7 Å². The first kappa shape index (κ1) is 14.9. The number of nitrogens with zero attached hydrogens (tertiary/aromatic N) is 2. The fourth-order valence-electron chi connectivity index (χ4n) is 2.53. The molecule has 0 bridgehead atoms. The average Bonchev–Trinajstić information content (AvgIpc) is 2.50. The molecule has 0 unspecified atom stereocenters. The Morgan fingerprint density at radius 2 is 1.86 bits per heavy atom. The molecule has 0 aliphatic heterocycles. The molecule has 0 saturated heterocycles. The molecule has 0 aromatic heterocycles. The smallest absolute Gasteiger partial charge is 0.319 e. The maximum absolute atomic E-state index is 12.0. The first-order valence-corrected chi connectivity index (χ1v) is 7.07. The van der Waals surface area contributed by atoms with Crippen LogP contribution in [0.4, 0.5) is 10.5 Å². The van der Waals surface area contributed by atoms with Crippen LogP contribution < -0.4 is 10.6 Å². The van der Waals surface area contributed by atoms with Gasteiger partial charge in [-0.05, 0) is 55.9 Å². The number of hydrogen-bond acceptors (Lipinski definition) is 3. The highest BCUT2D eigenvalue weighted by Gasteiger charge is 2.35. The number of benzene rings is 1. The van der Waals surface area contributed by atoms with E-state index in [4.69, 9.17) is 5.26 Å². The normalized spacial score (nSPS) is 24.4. The molecule has 2 N–H and O–H groups in total. The third-order valence-electron chi connectivity index (χ3n) is 3.97. The second-order valence-corrected chi connectivity index (χ2v) is 5.64. The summed E-state index contributed by atoms with van der Waals surface area (Å²) in [6.45, 7) is 2.16. The van der Waals surface area contributed by atoms with E-state index in [1.165, 1.54) is 0 Å². The molecule has 21 heavy (non-hydrogen) atoms. The lowest BCUT2D eigenvalue weighted by Crippen LogP contribution is -2.51. The van der Waals surface area contributed by atoms with Crippen LogP contribution in [-0.2, 0) is 0 Å². The fourth-order valence-corrected chi connectivity index (χ4v) is 2.53. The SMILES string of the molecule is CC1CCC(C#N)(NC(=O)Nc2ccc(C#N)cc2)CC1. The molecule has 1 saturated carbocycles. The van der Waals surface area contributed by atoms with E-state index >= 15 is 0 Å². The molecule has 0 radical (unpaired) electrons. The molecule has 5 heteroatoms. The number of urea groups is 1. The van der Waals surface area contributed by atoms with Gasteiger partial charge in [-0.1, -0.05) is 6.92 Å². The minimum Gasteiger partial charge on any atom is -0.319 e. The Bertz CT molecular complexity index is 586. The molecule has 2 rings (SSSR count). The Morgan fingerprint density at radius 1 is 1.24 bits per heavy atom. The summed E-state index contributed by atoms with van der Waals surface area (Å²) in [7, 11) is 0. The molecule has 1 fully saturated rings. The van der Waals surface area contributed by atoms with Gasteiger partial charge in [0.25, 0.3) is 0 Å². The highest BCUT2D eigenvalue weighted by molar-refractivity contribution is 5.90. The van der Waals surface area contributed by atoms with Crippen LogP contribution in [0.1, 0.15) is 38.2 Å². The van der Waals surface area contributed by atoms with Crippen molar-refractivity contribution in [3.05, 3.63) is 29.8 Å². The van der Waals surface area contributed by atoms with Gasteiger partial charge in [0.15, 0.2) is 0 Å². The number of carbonyl (C=O) groups is 1. The molecular formula is C16H18N4O. The van der Waals surface area contributed by atoms with Crippen LogP contribution in [0.15, 0.2) is 24.3 Å². The number of amides is 2. The van der Waals surface area contributed by atoms with Crippen molar-refractivity contribution < 1.29 is 4.79 Å². The summed E-state index contributed by atoms with van der Waals surface area (Å²) in [5.41, 5.74) is 0.378. The zero-order valence-corrected chi connectivity index (χ0v) is 12.0. The van der Waals surface area contributed by atoms with E-state index in [1.807, 2.05) is 6.07 Å². The lowest BCUT2D eigenvalue weighted by molar-refractivity contribution is 0.222. The number of anilines is 1. The van der Waals surface area contributed by atoms with Crippen LogP contribution >= 0.6 is 0 Å². The molecule has 5 nitrogen and oxygen atoms in total. The molecule has 0 spiro atoms. The number of nitriles is 2. The maximum Gasteiger partial charge on any atom is 0.320 e. The maximum atomic E-state index is 12.0. The van der Waals surface area contributed by atoms with Crippen molar-refractivity contribution in [3.8, 4) is 12.1 Å². The van der Waals surface area contributed by atoms with Gasteiger partial charge in [0.05, 0.1) is 17.7 Å². The second-order valence-electron chi connectivity index (χ2n) is 5.64. The van der Waals surface area contributed by atoms with Gasteiger partial charge >= 0.3 is 6.03 Å². The molecule has 108 valence electrons. The van der Waals surface area contributed by atoms with Gasteiger partial charge in [0.1, 0.15) is 5.54 Å². The lowest BCUT2D eigenvalue weighted by atomic mass is 9.78. The van der Waals surface area contributed by atoms with E-state index in [1.54, 1.807) is 24.3 Å². The Morgan fingerprint density at radius 3 is 2.38 bits per heavy atom. The monoisotopic (exact) mass is 282 g/mol. The Hall–Kier alpha value is -2.53. The first-order valence-electron chi connectivity index (χ1n) is 7.07. The minimum atomic E-state index is -0.761. The molecule has 1 aromatic rings. The van der Waals surface area contributed by atoms with E-state index in [-0.39, 0.29) is 6.03 Å². The Labute approximate surface area is 124 Å². The average molecular weight is 282 g/mol. The molecular weight excluding hydrogens is 264 g/mol. The Balaban J connectivity index is 1.97. The van der Waals surface area contributed by atoms with Gasteiger partial charge in [-0.15, -0.1) is 0 Å². The molecule has 0 atom stereocenters. The van der Waals surface area contributed by atoms with Crippen molar-refractivity contribution in [1.82, 2.24) is 5.32 Å². The van der Waals surface area contributed by atoms with Crippen LogP contribution in [0, 0.1) is 28.6 Å². The second kappa shape index (κ2) is 6.28. The third kappa shape index (κ3) is 3.73. The zero-order chi connectivity index (χ0) is 15.3. The zero-order valence-electron chi connectivity index (χ0n) is 12.0. The van der Waals surface area contributed by atoms with Gasteiger partial charge in [-0.25, -0.2) is 4.79 Å². The predicted molar refractivity (Wildman–Crippen MR) is 79.3 cm³/mol. The van der Waals surface area contributed by atoms with Crippen molar-refractivity contribution in [2.24, 2.45) is 5.92 Å². The van der Waals surface area contributed by atoms with Crippen molar-refractivity contribution in [2.45, 2.75) is 38.1 Å². The molecule has 0 heterocycles.